The van der Waals surface area contributed by atoms with Crippen LogP contribution in [-0.4, -0.2) is 26.7 Å². The van der Waals surface area contributed by atoms with E-state index in [1.165, 1.54) is 0 Å². The lowest BCUT2D eigenvalue weighted by molar-refractivity contribution is 0.238. The molecule has 0 aliphatic carbocycles. The lowest BCUT2D eigenvalue weighted by Gasteiger charge is -2.11. The quantitative estimate of drug-likeness (QED) is 0.830. The van der Waals surface area contributed by atoms with E-state index in [9.17, 15) is 17.2 Å². The maximum atomic E-state index is 13.3. The molecule has 1 aromatic carbocycles. The zero-order valence-corrected chi connectivity index (χ0v) is 9.97. The molecular weight excluding hydrogens is 252 g/mol. The predicted molar refractivity (Wildman–Crippen MR) is 57.8 cm³/mol. The molecule has 1 atom stereocenters. The fourth-order valence-electron chi connectivity index (χ4n) is 1.09. The highest BCUT2D eigenvalue weighted by molar-refractivity contribution is 7.89. The number of hydrogen-bond donors (Lipinski definition) is 2. The highest BCUT2D eigenvalue weighted by Gasteiger charge is 2.21. The van der Waals surface area contributed by atoms with E-state index in [1.807, 2.05) is 0 Å². The Morgan fingerprint density at radius 1 is 1.41 bits per heavy atom. The summed E-state index contributed by atoms with van der Waals surface area (Å²) < 4.78 is 51.5. The van der Waals surface area contributed by atoms with Crippen LogP contribution in [-0.2, 0) is 10.0 Å². The first-order chi connectivity index (χ1) is 7.88. The van der Waals surface area contributed by atoms with E-state index < -0.39 is 26.6 Å². The Bertz CT molecular complexity index is 490. The normalized spacial score (nSPS) is 13.6. The number of hydrogen-bond acceptors (Lipinski definition) is 3. The molecule has 0 aliphatic rings. The van der Waals surface area contributed by atoms with Gasteiger partial charge in [-0.25, -0.2) is 21.9 Å². The van der Waals surface area contributed by atoms with Gasteiger partial charge in [0.2, 0.25) is 10.0 Å². The van der Waals surface area contributed by atoms with Crippen LogP contribution in [0.25, 0.3) is 0 Å². The van der Waals surface area contributed by atoms with Crippen molar-refractivity contribution in [3.05, 3.63) is 29.8 Å². The number of sulfonamides is 1. The number of benzene rings is 1. The summed E-state index contributed by atoms with van der Waals surface area (Å²) in [5.41, 5.74) is 0. The standard InChI is InChI=1S/C10H13F2NO3S/c1-7(6-14)5-13-17(15,16)9-4-2-3-8(11)10(9)12/h2-4,7,13-14H,5-6H2,1H3. The molecule has 2 N–H and O–H groups in total. The van der Waals surface area contributed by atoms with Crippen molar-refractivity contribution < 1.29 is 22.3 Å². The molecule has 1 aromatic rings. The predicted octanol–water partition coefficient (Wildman–Crippen LogP) is 0.871. The van der Waals surface area contributed by atoms with Gasteiger partial charge in [-0.2, -0.15) is 0 Å². The third-order valence-corrected chi connectivity index (χ3v) is 3.58. The minimum atomic E-state index is -4.09. The van der Waals surface area contributed by atoms with Gasteiger partial charge < -0.3 is 5.11 Å². The van der Waals surface area contributed by atoms with Crippen LogP contribution in [0.4, 0.5) is 8.78 Å². The molecule has 0 saturated heterocycles. The number of aliphatic hydroxyl groups is 1. The second kappa shape index (κ2) is 5.52. The second-order valence-corrected chi connectivity index (χ2v) is 5.43. The van der Waals surface area contributed by atoms with Crippen LogP contribution in [0.3, 0.4) is 0 Å². The number of aliphatic hydroxyl groups excluding tert-OH is 1. The van der Waals surface area contributed by atoms with Crippen molar-refractivity contribution in [2.75, 3.05) is 13.2 Å². The van der Waals surface area contributed by atoms with Gasteiger partial charge >= 0.3 is 0 Å². The van der Waals surface area contributed by atoms with E-state index in [4.69, 9.17) is 5.11 Å². The zero-order chi connectivity index (χ0) is 13.1. The Labute approximate surface area is 98.3 Å². The average molecular weight is 265 g/mol. The summed E-state index contributed by atoms with van der Waals surface area (Å²) in [7, 11) is -4.09. The fraction of sp³-hybridized carbons (Fsp3) is 0.400. The largest absolute Gasteiger partial charge is 0.396 e. The summed E-state index contributed by atoms with van der Waals surface area (Å²) in [5, 5.41) is 8.73. The molecule has 0 aliphatic heterocycles. The molecule has 0 spiro atoms. The average Bonchev–Trinajstić information content (AvgIpc) is 2.29. The second-order valence-electron chi connectivity index (χ2n) is 3.69. The first-order valence-corrected chi connectivity index (χ1v) is 6.41. The maximum absolute atomic E-state index is 13.3. The van der Waals surface area contributed by atoms with Crippen LogP contribution in [0, 0.1) is 17.6 Å². The van der Waals surface area contributed by atoms with E-state index in [0.717, 1.165) is 18.2 Å². The lowest BCUT2D eigenvalue weighted by atomic mass is 10.2. The van der Waals surface area contributed by atoms with E-state index >= 15 is 0 Å². The molecule has 1 unspecified atom stereocenters. The molecule has 7 heteroatoms. The summed E-state index contributed by atoms with van der Waals surface area (Å²) in [6, 6.07) is 2.93. The summed E-state index contributed by atoms with van der Waals surface area (Å²) in [4.78, 5) is -0.734. The summed E-state index contributed by atoms with van der Waals surface area (Å²) in [6.45, 7) is 1.37. The molecule has 0 heterocycles. The van der Waals surface area contributed by atoms with Gasteiger partial charge in [0.15, 0.2) is 11.6 Å². The molecule has 0 amide bonds. The van der Waals surface area contributed by atoms with Crippen LogP contribution < -0.4 is 4.72 Å². The summed E-state index contributed by atoms with van der Waals surface area (Å²) in [6.07, 6.45) is 0. The van der Waals surface area contributed by atoms with Crippen LogP contribution in [0.2, 0.25) is 0 Å². The van der Waals surface area contributed by atoms with E-state index in [2.05, 4.69) is 4.72 Å². The SMILES string of the molecule is CC(CO)CNS(=O)(=O)c1cccc(F)c1F. The van der Waals surface area contributed by atoms with Gasteiger partial charge in [0.25, 0.3) is 0 Å². The van der Waals surface area contributed by atoms with E-state index in [0.29, 0.717) is 0 Å². The molecule has 96 valence electrons. The maximum Gasteiger partial charge on any atom is 0.243 e. The van der Waals surface area contributed by atoms with Crippen LogP contribution in [0.1, 0.15) is 6.92 Å². The van der Waals surface area contributed by atoms with Crippen molar-refractivity contribution in [3.8, 4) is 0 Å². The van der Waals surface area contributed by atoms with Crippen molar-refractivity contribution in [3.63, 3.8) is 0 Å². The lowest BCUT2D eigenvalue weighted by Crippen LogP contribution is -2.30. The van der Waals surface area contributed by atoms with Gasteiger partial charge in [0, 0.05) is 13.2 Å². The summed E-state index contributed by atoms with van der Waals surface area (Å²) in [5.74, 6) is -2.93. The molecule has 0 radical (unpaired) electrons. The van der Waals surface area contributed by atoms with Crippen molar-refractivity contribution in [1.29, 1.82) is 0 Å². The Morgan fingerprint density at radius 3 is 2.65 bits per heavy atom. The Balaban J connectivity index is 2.94. The molecule has 0 aromatic heterocycles. The Hall–Kier alpha value is -1.05. The van der Waals surface area contributed by atoms with Crippen LogP contribution >= 0.6 is 0 Å². The first-order valence-electron chi connectivity index (χ1n) is 4.93. The van der Waals surface area contributed by atoms with E-state index in [-0.39, 0.29) is 19.1 Å². The first kappa shape index (κ1) is 14.0. The van der Waals surface area contributed by atoms with Gasteiger partial charge in [0.1, 0.15) is 4.90 Å². The fourth-order valence-corrected chi connectivity index (χ4v) is 2.34. The van der Waals surface area contributed by atoms with Crippen molar-refractivity contribution in [2.24, 2.45) is 5.92 Å². The van der Waals surface area contributed by atoms with E-state index in [1.54, 1.807) is 6.92 Å². The number of halogens is 2. The van der Waals surface area contributed by atoms with Crippen LogP contribution in [0.5, 0.6) is 0 Å². The topological polar surface area (TPSA) is 66.4 Å². The van der Waals surface area contributed by atoms with Gasteiger partial charge in [-0.15, -0.1) is 0 Å². The third-order valence-electron chi connectivity index (χ3n) is 2.14. The zero-order valence-electron chi connectivity index (χ0n) is 9.15. The smallest absolute Gasteiger partial charge is 0.243 e. The molecule has 1 rings (SSSR count). The van der Waals surface area contributed by atoms with Gasteiger partial charge in [-0.05, 0) is 18.1 Å². The minimum Gasteiger partial charge on any atom is -0.396 e. The monoisotopic (exact) mass is 265 g/mol. The Morgan fingerprint density at radius 2 is 2.06 bits per heavy atom. The third kappa shape index (κ3) is 3.45. The van der Waals surface area contributed by atoms with Crippen LogP contribution in [0.15, 0.2) is 23.1 Å². The highest BCUT2D eigenvalue weighted by atomic mass is 32.2. The molecule has 0 bridgehead atoms. The highest BCUT2D eigenvalue weighted by Crippen LogP contribution is 2.16. The molecule has 4 nitrogen and oxygen atoms in total. The Kier molecular flexibility index (Phi) is 4.55. The van der Waals surface area contributed by atoms with Gasteiger partial charge in [-0.3, -0.25) is 0 Å². The molecular formula is C10H13F2NO3S. The van der Waals surface area contributed by atoms with Crippen molar-refractivity contribution in [1.82, 2.24) is 4.72 Å². The molecule has 0 fully saturated rings. The van der Waals surface area contributed by atoms with Gasteiger partial charge in [0.05, 0.1) is 0 Å². The van der Waals surface area contributed by atoms with Crippen molar-refractivity contribution in [2.45, 2.75) is 11.8 Å². The summed E-state index contributed by atoms with van der Waals surface area (Å²) >= 11 is 0. The molecule has 17 heavy (non-hydrogen) atoms. The number of nitrogens with one attached hydrogen (secondary N) is 1. The van der Waals surface area contributed by atoms with Crippen molar-refractivity contribution >= 4 is 10.0 Å². The van der Waals surface area contributed by atoms with Gasteiger partial charge in [-0.1, -0.05) is 13.0 Å². The number of rotatable bonds is 5. The minimum absolute atomic E-state index is 0.0468. The molecule has 0 saturated carbocycles.